The molecule has 6 nitrogen and oxygen atoms in total. The lowest BCUT2D eigenvalue weighted by atomic mass is 10.1. The van der Waals surface area contributed by atoms with Gasteiger partial charge in [-0.15, -0.1) is 0 Å². The maximum absolute atomic E-state index is 12.9. The van der Waals surface area contributed by atoms with Gasteiger partial charge in [-0.3, -0.25) is 9.59 Å². The molecule has 142 valence electrons. The molecule has 6 heteroatoms. The van der Waals surface area contributed by atoms with Crippen LogP contribution in [0.1, 0.15) is 26.3 Å². The summed E-state index contributed by atoms with van der Waals surface area (Å²) in [6, 6.07) is 12.7. The minimum atomic E-state index is -0.117. The number of aryl methyl sites for hydroxylation is 1. The van der Waals surface area contributed by atoms with E-state index in [0.717, 1.165) is 5.56 Å². The third-order valence-electron chi connectivity index (χ3n) is 4.76. The fraction of sp³-hybridized carbons (Fsp3) is 0.333. The molecular weight excluding hydrogens is 344 g/mol. The molecule has 0 radical (unpaired) electrons. The van der Waals surface area contributed by atoms with Crippen LogP contribution in [-0.4, -0.2) is 62.0 Å². The Morgan fingerprint density at radius 1 is 0.852 bits per heavy atom. The molecule has 3 rings (SSSR count). The summed E-state index contributed by atoms with van der Waals surface area (Å²) in [4.78, 5) is 29.1. The van der Waals surface area contributed by atoms with Crippen LogP contribution in [-0.2, 0) is 0 Å². The number of methoxy groups -OCH3 is 2. The number of ether oxygens (including phenoxy) is 2. The van der Waals surface area contributed by atoms with Gasteiger partial charge in [0.2, 0.25) is 0 Å². The van der Waals surface area contributed by atoms with Gasteiger partial charge in [-0.25, -0.2) is 0 Å². The Kier molecular flexibility index (Phi) is 5.64. The van der Waals surface area contributed by atoms with Crippen LogP contribution in [0.15, 0.2) is 42.5 Å². The molecule has 0 saturated carbocycles. The van der Waals surface area contributed by atoms with Crippen LogP contribution in [0, 0.1) is 6.92 Å². The summed E-state index contributed by atoms with van der Waals surface area (Å²) in [7, 11) is 3.10. The Hall–Kier alpha value is -3.02. The number of rotatable bonds is 4. The molecule has 0 aliphatic carbocycles. The van der Waals surface area contributed by atoms with Crippen molar-refractivity contribution in [1.29, 1.82) is 0 Å². The largest absolute Gasteiger partial charge is 0.497 e. The zero-order valence-electron chi connectivity index (χ0n) is 15.9. The van der Waals surface area contributed by atoms with Crippen molar-refractivity contribution in [2.45, 2.75) is 6.92 Å². The second kappa shape index (κ2) is 8.12. The van der Waals surface area contributed by atoms with Crippen molar-refractivity contribution in [1.82, 2.24) is 9.80 Å². The van der Waals surface area contributed by atoms with Crippen LogP contribution >= 0.6 is 0 Å². The normalized spacial score (nSPS) is 14.0. The van der Waals surface area contributed by atoms with E-state index in [9.17, 15) is 9.59 Å². The highest BCUT2D eigenvalue weighted by atomic mass is 16.5. The van der Waals surface area contributed by atoms with Crippen LogP contribution in [0.2, 0.25) is 0 Å². The van der Waals surface area contributed by atoms with E-state index >= 15 is 0 Å². The van der Waals surface area contributed by atoms with E-state index in [1.54, 1.807) is 35.1 Å². The molecule has 0 unspecified atom stereocenters. The molecule has 27 heavy (non-hydrogen) atoms. The number of nitrogens with zero attached hydrogens (tertiary/aromatic N) is 2. The number of carbonyl (C=O) groups is 2. The molecule has 2 aromatic rings. The summed E-state index contributed by atoms with van der Waals surface area (Å²) in [6.07, 6.45) is 0. The van der Waals surface area contributed by atoms with Crippen LogP contribution in [0.5, 0.6) is 11.5 Å². The Morgan fingerprint density at radius 3 is 2.11 bits per heavy atom. The van der Waals surface area contributed by atoms with E-state index in [1.807, 2.05) is 31.2 Å². The summed E-state index contributed by atoms with van der Waals surface area (Å²) in [5.41, 5.74) is 2.21. The Bertz CT molecular complexity index is 842. The van der Waals surface area contributed by atoms with Crippen LogP contribution in [0.4, 0.5) is 0 Å². The molecule has 2 amide bonds. The summed E-state index contributed by atoms with van der Waals surface area (Å²) in [5.74, 6) is 1.00. The first-order chi connectivity index (χ1) is 13.0. The van der Waals surface area contributed by atoms with Gasteiger partial charge in [-0.05, 0) is 37.3 Å². The van der Waals surface area contributed by atoms with Gasteiger partial charge < -0.3 is 19.3 Å². The van der Waals surface area contributed by atoms with Gasteiger partial charge in [0.25, 0.3) is 11.8 Å². The smallest absolute Gasteiger partial charge is 0.257 e. The Balaban J connectivity index is 1.69. The number of benzene rings is 2. The van der Waals surface area contributed by atoms with Crippen LogP contribution in [0.3, 0.4) is 0 Å². The number of amides is 2. The molecule has 2 aromatic carbocycles. The number of hydrogen-bond donors (Lipinski definition) is 0. The molecule has 1 fully saturated rings. The van der Waals surface area contributed by atoms with E-state index in [4.69, 9.17) is 9.47 Å². The SMILES string of the molecule is COc1ccc(OC)c(C(=O)N2CCN(C(=O)c3cccc(C)c3)CC2)c1. The van der Waals surface area contributed by atoms with E-state index in [2.05, 4.69) is 0 Å². The predicted molar refractivity (Wildman–Crippen MR) is 103 cm³/mol. The molecule has 1 aliphatic heterocycles. The summed E-state index contributed by atoms with van der Waals surface area (Å²) in [5, 5.41) is 0. The standard InChI is InChI=1S/C21H24N2O4/c1-15-5-4-6-16(13-15)20(24)22-9-11-23(12-10-22)21(25)18-14-17(26-2)7-8-19(18)27-3/h4-8,13-14H,9-12H2,1-3H3. The number of hydrogen-bond acceptors (Lipinski definition) is 4. The van der Waals surface area contributed by atoms with Gasteiger partial charge >= 0.3 is 0 Å². The molecule has 0 bridgehead atoms. The highest BCUT2D eigenvalue weighted by Crippen LogP contribution is 2.26. The van der Waals surface area contributed by atoms with Gasteiger partial charge in [0.15, 0.2) is 0 Å². The molecular formula is C21H24N2O4. The average Bonchev–Trinajstić information content (AvgIpc) is 2.72. The second-order valence-electron chi connectivity index (χ2n) is 6.52. The molecule has 0 atom stereocenters. The zero-order valence-corrected chi connectivity index (χ0v) is 15.9. The zero-order chi connectivity index (χ0) is 19.4. The molecule has 0 N–H and O–H groups in total. The van der Waals surface area contributed by atoms with Crippen LogP contribution < -0.4 is 9.47 Å². The maximum Gasteiger partial charge on any atom is 0.257 e. The third-order valence-corrected chi connectivity index (χ3v) is 4.76. The number of carbonyl (C=O) groups excluding carboxylic acids is 2. The van der Waals surface area contributed by atoms with Gasteiger partial charge in [0, 0.05) is 31.7 Å². The van der Waals surface area contributed by atoms with Crippen molar-refractivity contribution >= 4 is 11.8 Å². The van der Waals surface area contributed by atoms with Crippen molar-refractivity contribution in [3.63, 3.8) is 0 Å². The monoisotopic (exact) mass is 368 g/mol. The highest BCUT2D eigenvalue weighted by Gasteiger charge is 2.27. The number of piperazine rings is 1. The van der Waals surface area contributed by atoms with Crippen LogP contribution in [0.25, 0.3) is 0 Å². The molecule has 0 spiro atoms. The van der Waals surface area contributed by atoms with Gasteiger partial charge in [0.1, 0.15) is 11.5 Å². The predicted octanol–water partition coefficient (Wildman–Crippen LogP) is 2.61. The van der Waals surface area contributed by atoms with E-state index in [-0.39, 0.29) is 11.8 Å². The van der Waals surface area contributed by atoms with E-state index in [1.165, 1.54) is 7.11 Å². The fourth-order valence-corrected chi connectivity index (χ4v) is 3.22. The molecule has 0 aromatic heterocycles. The molecule has 1 aliphatic rings. The van der Waals surface area contributed by atoms with Crippen molar-refractivity contribution in [3.8, 4) is 11.5 Å². The van der Waals surface area contributed by atoms with Crippen molar-refractivity contribution in [2.24, 2.45) is 0 Å². The van der Waals surface area contributed by atoms with E-state index in [0.29, 0.717) is 48.8 Å². The third kappa shape index (κ3) is 4.05. The quantitative estimate of drug-likeness (QED) is 0.832. The first-order valence-electron chi connectivity index (χ1n) is 8.90. The summed E-state index contributed by atoms with van der Waals surface area (Å²) in [6.45, 7) is 3.94. The van der Waals surface area contributed by atoms with Gasteiger partial charge in [-0.1, -0.05) is 17.7 Å². The molecule has 1 saturated heterocycles. The molecule has 1 heterocycles. The first kappa shape index (κ1) is 18.8. The van der Waals surface area contributed by atoms with Gasteiger partial charge in [-0.2, -0.15) is 0 Å². The Morgan fingerprint density at radius 2 is 1.52 bits per heavy atom. The lowest BCUT2D eigenvalue weighted by molar-refractivity contribution is 0.0533. The van der Waals surface area contributed by atoms with Crippen molar-refractivity contribution < 1.29 is 19.1 Å². The minimum absolute atomic E-state index is 0.00441. The highest BCUT2D eigenvalue weighted by molar-refractivity contribution is 5.98. The van der Waals surface area contributed by atoms with Crippen molar-refractivity contribution in [2.75, 3.05) is 40.4 Å². The summed E-state index contributed by atoms with van der Waals surface area (Å²) >= 11 is 0. The Labute approximate surface area is 159 Å². The van der Waals surface area contributed by atoms with Gasteiger partial charge in [0.05, 0.1) is 19.8 Å². The van der Waals surface area contributed by atoms with Crippen molar-refractivity contribution in [3.05, 3.63) is 59.2 Å². The second-order valence-corrected chi connectivity index (χ2v) is 6.52. The lowest BCUT2D eigenvalue weighted by Gasteiger charge is -2.35. The lowest BCUT2D eigenvalue weighted by Crippen LogP contribution is -2.50. The maximum atomic E-state index is 12.9. The average molecular weight is 368 g/mol. The van der Waals surface area contributed by atoms with E-state index < -0.39 is 0 Å². The first-order valence-corrected chi connectivity index (χ1v) is 8.90. The summed E-state index contributed by atoms with van der Waals surface area (Å²) < 4.78 is 10.5. The fourth-order valence-electron chi connectivity index (χ4n) is 3.22. The topological polar surface area (TPSA) is 59.1 Å². The minimum Gasteiger partial charge on any atom is -0.497 e.